The quantitative estimate of drug-likeness (QED) is 0.460. The van der Waals surface area contributed by atoms with E-state index in [4.69, 9.17) is 27.9 Å². The monoisotopic (exact) mass is 382 g/mol. The third kappa shape index (κ3) is 3.36. The first-order chi connectivity index (χ1) is 11.7. The average molecular weight is 383 g/mol. The highest BCUT2D eigenvalue weighted by Crippen LogP contribution is 2.41. The highest BCUT2D eigenvalue weighted by Gasteiger charge is 2.33. The van der Waals surface area contributed by atoms with Crippen molar-refractivity contribution in [1.82, 2.24) is 10.2 Å². The van der Waals surface area contributed by atoms with E-state index in [0.29, 0.717) is 5.69 Å². The molecule has 0 unspecified atom stereocenters. The zero-order chi connectivity index (χ0) is 18.4. The van der Waals surface area contributed by atoms with Crippen molar-refractivity contribution in [3.05, 3.63) is 40.7 Å². The second kappa shape index (κ2) is 6.14. The predicted octanol–water partition coefficient (Wildman–Crippen LogP) is 1.13. The number of nitrogens with one attached hydrogen (secondary N) is 2. The van der Waals surface area contributed by atoms with E-state index in [0.717, 1.165) is 23.8 Å². The molecule has 1 amide bonds. The van der Waals surface area contributed by atoms with Crippen molar-refractivity contribution < 1.29 is 13.2 Å². The number of carbonyl (C=O) groups is 1. The van der Waals surface area contributed by atoms with Crippen molar-refractivity contribution >= 4 is 39.2 Å². The summed E-state index contributed by atoms with van der Waals surface area (Å²) in [7, 11) is -4.02. The molecule has 2 aromatic rings. The van der Waals surface area contributed by atoms with Gasteiger partial charge >= 0.3 is 0 Å². The molecule has 1 aromatic heterocycles. The van der Waals surface area contributed by atoms with E-state index in [1.807, 2.05) is 0 Å². The molecule has 132 valence electrons. The molecule has 1 fully saturated rings. The van der Waals surface area contributed by atoms with E-state index in [1.54, 1.807) is 0 Å². The summed E-state index contributed by atoms with van der Waals surface area (Å²) in [6.07, 6.45) is 3.22. The summed E-state index contributed by atoms with van der Waals surface area (Å²) >= 11 is 6.10. The van der Waals surface area contributed by atoms with Crippen LogP contribution in [0.2, 0.25) is 5.02 Å². The average Bonchev–Trinajstić information content (AvgIpc) is 3.24. The van der Waals surface area contributed by atoms with Crippen LogP contribution in [0.5, 0.6) is 0 Å². The zero-order valence-corrected chi connectivity index (χ0v) is 14.4. The molecular formula is C14H15ClN6O3S. The number of nitrogens with zero attached hydrogens (tertiary/aromatic N) is 2. The summed E-state index contributed by atoms with van der Waals surface area (Å²) in [6, 6.07) is 3.59. The van der Waals surface area contributed by atoms with Crippen molar-refractivity contribution in [2.75, 3.05) is 4.90 Å². The summed E-state index contributed by atoms with van der Waals surface area (Å²) < 4.78 is 23.1. The number of halogens is 1. The largest absolute Gasteiger partial charge is 0.369 e. The number of anilines is 1. The van der Waals surface area contributed by atoms with Gasteiger partial charge < -0.3 is 5.73 Å². The predicted molar refractivity (Wildman–Crippen MR) is 92.1 cm³/mol. The van der Waals surface area contributed by atoms with Gasteiger partial charge in [-0.15, -0.1) is 0 Å². The number of guanidine groups is 1. The molecule has 6 N–H and O–H groups in total. The maximum atomic E-state index is 12.9. The summed E-state index contributed by atoms with van der Waals surface area (Å²) in [5.41, 5.74) is 6.44. The maximum absolute atomic E-state index is 12.9. The van der Waals surface area contributed by atoms with Gasteiger partial charge in [0.05, 0.1) is 33.1 Å². The molecule has 11 heteroatoms. The van der Waals surface area contributed by atoms with E-state index < -0.39 is 21.9 Å². The van der Waals surface area contributed by atoms with Gasteiger partial charge in [-0.25, -0.2) is 18.5 Å². The molecule has 0 radical (unpaired) electrons. The lowest BCUT2D eigenvalue weighted by atomic mass is 10.1. The molecule has 9 nitrogen and oxygen atoms in total. The lowest BCUT2D eigenvalue weighted by Gasteiger charge is -2.22. The Bertz CT molecular complexity index is 967. The lowest BCUT2D eigenvalue weighted by Crippen LogP contribution is -2.42. The summed E-state index contributed by atoms with van der Waals surface area (Å²) in [5, 5.41) is 19.6. The van der Waals surface area contributed by atoms with Crippen molar-refractivity contribution in [1.29, 1.82) is 5.41 Å². The van der Waals surface area contributed by atoms with Crippen LogP contribution >= 0.6 is 11.6 Å². The molecule has 3 rings (SSSR count). The van der Waals surface area contributed by atoms with Crippen molar-refractivity contribution in [2.45, 2.75) is 23.7 Å². The van der Waals surface area contributed by atoms with Gasteiger partial charge in [-0.2, -0.15) is 5.10 Å². The molecule has 0 saturated heterocycles. The van der Waals surface area contributed by atoms with Crippen molar-refractivity contribution in [2.24, 2.45) is 10.9 Å². The number of aromatic amines is 1. The number of hydrogen-bond acceptors (Lipinski definition) is 5. The third-order valence-corrected chi connectivity index (χ3v) is 5.05. The minimum Gasteiger partial charge on any atom is -0.369 e. The van der Waals surface area contributed by atoms with Gasteiger partial charge in [0, 0.05) is 5.92 Å². The molecule has 0 spiro atoms. The molecule has 0 aliphatic heterocycles. The molecule has 25 heavy (non-hydrogen) atoms. The smallest absolute Gasteiger partial charge is 0.268 e. The number of benzene rings is 1. The van der Waals surface area contributed by atoms with Crippen molar-refractivity contribution in [3.8, 4) is 0 Å². The van der Waals surface area contributed by atoms with Crippen LogP contribution in [0.25, 0.3) is 0 Å². The summed E-state index contributed by atoms with van der Waals surface area (Å²) in [6.45, 7) is 0. The maximum Gasteiger partial charge on any atom is 0.268 e. The Labute approximate surface area is 148 Å². The van der Waals surface area contributed by atoms with Gasteiger partial charge in [0.15, 0.2) is 5.96 Å². The summed E-state index contributed by atoms with van der Waals surface area (Å²) in [5.74, 6) is -1.03. The van der Waals surface area contributed by atoms with Crippen molar-refractivity contribution in [3.63, 3.8) is 0 Å². The first-order valence-electron chi connectivity index (χ1n) is 7.24. The fourth-order valence-electron chi connectivity index (χ4n) is 2.46. The Balaban J connectivity index is 2.09. The van der Waals surface area contributed by atoms with Crippen LogP contribution in [-0.2, 0) is 10.0 Å². The summed E-state index contributed by atoms with van der Waals surface area (Å²) in [4.78, 5) is 13.5. The fourth-order valence-corrected chi connectivity index (χ4v) is 3.20. The second-order valence-electron chi connectivity index (χ2n) is 5.66. The Morgan fingerprint density at radius 2 is 2.08 bits per heavy atom. The number of rotatable bonds is 4. The topological polar surface area (TPSA) is 159 Å². The van der Waals surface area contributed by atoms with E-state index >= 15 is 0 Å². The highest BCUT2D eigenvalue weighted by molar-refractivity contribution is 7.89. The van der Waals surface area contributed by atoms with Gasteiger partial charge in [0.2, 0.25) is 10.0 Å². The Kier molecular flexibility index (Phi) is 4.27. The first kappa shape index (κ1) is 17.4. The lowest BCUT2D eigenvalue weighted by molar-refractivity contribution is 0.100. The number of hydrogen-bond donors (Lipinski definition) is 4. The molecule has 1 heterocycles. The number of amides is 1. The van der Waals surface area contributed by atoms with Gasteiger partial charge in [-0.1, -0.05) is 11.6 Å². The van der Waals surface area contributed by atoms with E-state index in [9.17, 15) is 13.2 Å². The molecular weight excluding hydrogens is 368 g/mol. The number of aromatic nitrogens is 2. The number of nitrogens with two attached hydrogens (primary N) is 2. The van der Waals surface area contributed by atoms with Crippen LogP contribution < -0.4 is 15.8 Å². The van der Waals surface area contributed by atoms with Crippen LogP contribution in [0.4, 0.5) is 5.69 Å². The number of sulfonamides is 1. The second-order valence-corrected chi connectivity index (χ2v) is 7.62. The van der Waals surface area contributed by atoms with Crippen LogP contribution in [0.1, 0.15) is 34.8 Å². The molecule has 1 aliphatic carbocycles. The SMILES string of the molecule is N=C(N)N(C(=O)c1cn[nH]c1C1CC1)c1cc(S(N)(=O)=O)ccc1Cl. The number of H-pyrrole nitrogens is 1. The standard InChI is InChI=1S/C14H15ClN6O3S/c15-10-4-3-8(25(18,23)24)5-11(10)21(14(16)17)13(22)9-6-19-20-12(9)7-1-2-7/h3-7H,1-2H2,(H3,16,17)(H,19,20)(H2,18,23,24). The van der Waals surface area contributed by atoms with Gasteiger partial charge in [0.25, 0.3) is 5.91 Å². The minimum absolute atomic E-state index is 0.0476. The third-order valence-electron chi connectivity index (χ3n) is 3.82. The molecule has 1 saturated carbocycles. The number of primary sulfonamides is 1. The van der Waals surface area contributed by atoms with Crippen LogP contribution in [0.3, 0.4) is 0 Å². The van der Waals surface area contributed by atoms with E-state index in [-0.39, 0.29) is 27.1 Å². The number of carbonyl (C=O) groups excluding carboxylic acids is 1. The van der Waals surface area contributed by atoms with Gasteiger partial charge in [-0.3, -0.25) is 15.3 Å². The Morgan fingerprint density at radius 3 is 2.64 bits per heavy atom. The molecule has 1 aliphatic rings. The molecule has 1 aromatic carbocycles. The minimum atomic E-state index is -4.02. The van der Waals surface area contributed by atoms with Crippen LogP contribution in [-0.4, -0.2) is 30.5 Å². The Morgan fingerprint density at radius 1 is 1.40 bits per heavy atom. The molecule has 0 bridgehead atoms. The van der Waals surface area contributed by atoms with Crippen LogP contribution in [0, 0.1) is 5.41 Å². The fraction of sp³-hybridized carbons (Fsp3) is 0.214. The molecule has 0 atom stereocenters. The van der Waals surface area contributed by atoms with E-state index in [2.05, 4.69) is 10.2 Å². The van der Waals surface area contributed by atoms with E-state index in [1.165, 1.54) is 18.3 Å². The highest BCUT2D eigenvalue weighted by atomic mass is 35.5. The first-order valence-corrected chi connectivity index (χ1v) is 9.16. The van der Waals surface area contributed by atoms with Gasteiger partial charge in [0.1, 0.15) is 0 Å². The van der Waals surface area contributed by atoms with Gasteiger partial charge in [-0.05, 0) is 31.0 Å². The Hall–Kier alpha value is -2.43. The normalized spacial score (nSPS) is 14.3. The zero-order valence-electron chi connectivity index (χ0n) is 12.9. The van der Waals surface area contributed by atoms with Crippen LogP contribution in [0.15, 0.2) is 29.3 Å².